The fourth-order valence-corrected chi connectivity index (χ4v) is 1.47. The molecule has 2 aromatic rings. The summed E-state index contributed by atoms with van der Waals surface area (Å²) in [5.41, 5.74) is 1.81. The minimum atomic E-state index is -0.227. The molecule has 0 saturated heterocycles. The van der Waals surface area contributed by atoms with Crippen LogP contribution in [0.1, 0.15) is 0 Å². The summed E-state index contributed by atoms with van der Waals surface area (Å²) in [7, 11) is 1.62. The van der Waals surface area contributed by atoms with Crippen LogP contribution in [0.2, 0.25) is 0 Å². The molecule has 0 N–H and O–H groups in total. The minimum absolute atomic E-state index is 0.227. The molecule has 0 amide bonds. The SMILES string of the molecule is COc1cccc(-c2cccc(F)c2)c1. The van der Waals surface area contributed by atoms with Crippen LogP contribution in [0, 0.1) is 5.82 Å². The Morgan fingerprint density at radius 2 is 1.60 bits per heavy atom. The molecule has 0 aliphatic rings. The lowest BCUT2D eigenvalue weighted by molar-refractivity contribution is 0.415. The molecule has 0 atom stereocenters. The van der Waals surface area contributed by atoms with E-state index in [1.54, 1.807) is 13.2 Å². The summed E-state index contributed by atoms with van der Waals surface area (Å²) >= 11 is 0. The first-order valence-electron chi connectivity index (χ1n) is 4.69. The summed E-state index contributed by atoms with van der Waals surface area (Å²) in [6.07, 6.45) is 0. The van der Waals surface area contributed by atoms with Crippen molar-refractivity contribution in [3.05, 3.63) is 54.3 Å². The van der Waals surface area contributed by atoms with Crippen LogP contribution in [-0.4, -0.2) is 7.11 Å². The van der Waals surface area contributed by atoms with E-state index in [0.29, 0.717) is 0 Å². The van der Waals surface area contributed by atoms with E-state index >= 15 is 0 Å². The van der Waals surface area contributed by atoms with Crippen molar-refractivity contribution in [3.63, 3.8) is 0 Å². The monoisotopic (exact) mass is 202 g/mol. The van der Waals surface area contributed by atoms with Crippen molar-refractivity contribution in [1.29, 1.82) is 0 Å². The highest BCUT2D eigenvalue weighted by Crippen LogP contribution is 2.23. The second kappa shape index (κ2) is 4.13. The van der Waals surface area contributed by atoms with Gasteiger partial charge in [0.05, 0.1) is 7.11 Å². The van der Waals surface area contributed by atoms with Gasteiger partial charge in [0.25, 0.3) is 0 Å². The average molecular weight is 202 g/mol. The van der Waals surface area contributed by atoms with Crippen molar-refractivity contribution in [2.45, 2.75) is 0 Å². The number of hydrogen-bond acceptors (Lipinski definition) is 1. The highest BCUT2D eigenvalue weighted by atomic mass is 19.1. The van der Waals surface area contributed by atoms with Crippen LogP contribution in [0.5, 0.6) is 5.75 Å². The summed E-state index contributed by atoms with van der Waals surface area (Å²) in [6, 6.07) is 14.1. The predicted molar refractivity (Wildman–Crippen MR) is 58.4 cm³/mol. The van der Waals surface area contributed by atoms with Crippen LogP contribution in [0.15, 0.2) is 48.5 Å². The van der Waals surface area contributed by atoms with Crippen LogP contribution in [0.25, 0.3) is 11.1 Å². The third kappa shape index (κ3) is 2.15. The minimum Gasteiger partial charge on any atom is -0.497 e. The second-order valence-corrected chi connectivity index (χ2v) is 3.24. The van der Waals surface area contributed by atoms with Gasteiger partial charge in [0.1, 0.15) is 11.6 Å². The summed E-state index contributed by atoms with van der Waals surface area (Å²) in [6.45, 7) is 0. The van der Waals surface area contributed by atoms with Crippen LogP contribution in [0.4, 0.5) is 4.39 Å². The maximum absolute atomic E-state index is 13.0. The normalized spacial score (nSPS) is 10.0. The highest BCUT2D eigenvalue weighted by Gasteiger charge is 2.00. The van der Waals surface area contributed by atoms with Gasteiger partial charge in [-0.1, -0.05) is 24.3 Å². The highest BCUT2D eigenvalue weighted by molar-refractivity contribution is 5.64. The van der Waals surface area contributed by atoms with Gasteiger partial charge in [-0.2, -0.15) is 0 Å². The van der Waals surface area contributed by atoms with Gasteiger partial charge in [0.15, 0.2) is 0 Å². The Hall–Kier alpha value is -1.83. The molecule has 0 heterocycles. The first-order chi connectivity index (χ1) is 7.29. The molecule has 2 aromatic carbocycles. The zero-order valence-electron chi connectivity index (χ0n) is 8.41. The quantitative estimate of drug-likeness (QED) is 0.724. The molecule has 0 saturated carbocycles. The first kappa shape index (κ1) is 9.71. The van der Waals surface area contributed by atoms with Crippen LogP contribution >= 0.6 is 0 Å². The Kier molecular flexibility index (Phi) is 2.68. The lowest BCUT2D eigenvalue weighted by Gasteiger charge is -2.04. The lowest BCUT2D eigenvalue weighted by Crippen LogP contribution is -1.84. The number of methoxy groups -OCH3 is 1. The molecule has 0 spiro atoms. The largest absolute Gasteiger partial charge is 0.497 e. The predicted octanol–water partition coefficient (Wildman–Crippen LogP) is 3.50. The van der Waals surface area contributed by atoms with Gasteiger partial charge in [-0.25, -0.2) is 4.39 Å². The number of hydrogen-bond donors (Lipinski definition) is 0. The molecule has 0 aliphatic heterocycles. The molecule has 1 nitrogen and oxygen atoms in total. The van der Waals surface area contributed by atoms with Gasteiger partial charge in [-0.3, -0.25) is 0 Å². The molecule has 0 bridgehead atoms. The summed E-state index contributed by atoms with van der Waals surface area (Å²) in [5.74, 6) is 0.548. The van der Waals surface area contributed by atoms with Crippen molar-refractivity contribution in [1.82, 2.24) is 0 Å². The van der Waals surface area contributed by atoms with E-state index < -0.39 is 0 Å². The fourth-order valence-electron chi connectivity index (χ4n) is 1.47. The molecular formula is C13H11FO. The van der Waals surface area contributed by atoms with Crippen LogP contribution in [-0.2, 0) is 0 Å². The molecule has 76 valence electrons. The molecule has 0 unspecified atom stereocenters. The first-order valence-corrected chi connectivity index (χ1v) is 4.69. The number of rotatable bonds is 2. The standard InChI is InChI=1S/C13H11FO/c1-15-13-7-3-5-11(9-13)10-4-2-6-12(14)8-10/h2-9H,1H3. The van der Waals surface area contributed by atoms with Crippen molar-refractivity contribution >= 4 is 0 Å². The molecule has 0 aromatic heterocycles. The summed E-state index contributed by atoms with van der Waals surface area (Å²) in [4.78, 5) is 0. The van der Waals surface area contributed by atoms with Crippen LogP contribution < -0.4 is 4.74 Å². The Morgan fingerprint density at radius 3 is 2.27 bits per heavy atom. The zero-order chi connectivity index (χ0) is 10.7. The lowest BCUT2D eigenvalue weighted by atomic mass is 10.1. The van der Waals surface area contributed by atoms with E-state index in [-0.39, 0.29) is 5.82 Å². The van der Waals surface area contributed by atoms with Crippen molar-refractivity contribution < 1.29 is 9.13 Å². The van der Waals surface area contributed by atoms with E-state index in [0.717, 1.165) is 16.9 Å². The van der Waals surface area contributed by atoms with Gasteiger partial charge >= 0.3 is 0 Å². The van der Waals surface area contributed by atoms with Crippen molar-refractivity contribution in [2.75, 3.05) is 7.11 Å². The molecular weight excluding hydrogens is 191 g/mol. The third-order valence-electron chi connectivity index (χ3n) is 2.23. The Morgan fingerprint density at radius 1 is 0.933 bits per heavy atom. The maximum Gasteiger partial charge on any atom is 0.123 e. The molecule has 0 aliphatic carbocycles. The Bertz CT molecular complexity index is 466. The number of benzene rings is 2. The van der Waals surface area contributed by atoms with Gasteiger partial charge in [-0.05, 0) is 35.4 Å². The van der Waals surface area contributed by atoms with E-state index in [1.807, 2.05) is 30.3 Å². The van der Waals surface area contributed by atoms with Gasteiger partial charge in [0.2, 0.25) is 0 Å². The van der Waals surface area contributed by atoms with E-state index in [2.05, 4.69) is 0 Å². The van der Waals surface area contributed by atoms with Gasteiger partial charge in [0, 0.05) is 0 Å². The number of ether oxygens (including phenoxy) is 1. The number of halogens is 1. The summed E-state index contributed by atoms with van der Waals surface area (Å²) < 4.78 is 18.1. The van der Waals surface area contributed by atoms with E-state index in [1.165, 1.54) is 12.1 Å². The zero-order valence-corrected chi connectivity index (χ0v) is 8.41. The van der Waals surface area contributed by atoms with Crippen molar-refractivity contribution in [2.24, 2.45) is 0 Å². The molecule has 2 rings (SSSR count). The average Bonchev–Trinajstić information content (AvgIpc) is 2.29. The smallest absolute Gasteiger partial charge is 0.123 e. The summed E-state index contributed by atoms with van der Waals surface area (Å²) in [5, 5.41) is 0. The molecule has 0 radical (unpaired) electrons. The molecule has 15 heavy (non-hydrogen) atoms. The Labute approximate surface area is 88.1 Å². The van der Waals surface area contributed by atoms with E-state index in [4.69, 9.17) is 4.74 Å². The topological polar surface area (TPSA) is 9.23 Å². The molecule has 2 heteroatoms. The van der Waals surface area contributed by atoms with Crippen LogP contribution in [0.3, 0.4) is 0 Å². The Balaban J connectivity index is 2.44. The molecule has 0 fully saturated rings. The van der Waals surface area contributed by atoms with Gasteiger partial charge in [-0.15, -0.1) is 0 Å². The second-order valence-electron chi connectivity index (χ2n) is 3.24. The van der Waals surface area contributed by atoms with E-state index in [9.17, 15) is 4.39 Å². The third-order valence-corrected chi connectivity index (χ3v) is 2.23. The van der Waals surface area contributed by atoms with Crippen molar-refractivity contribution in [3.8, 4) is 16.9 Å². The van der Waals surface area contributed by atoms with Gasteiger partial charge < -0.3 is 4.74 Å². The maximum atomic E-state index is 13.0. The fraction of sp³-hybridized carbons (Fsp3) is 0.0769.